The predicted octanol–water partition coefficient (Wildman–Crippen LogP) is 22.4. The molecule has 0 aliphatic rings. The lowest BCUT2D eigenvalue weighted by molar-refractivity contribution is -0.166. The molecule has 0 heterocycles. The zero-order chi connectivity index (χ0) is 55.7. The summed E-state index contributed by atoms with van der Waals surface area (Å²) >= 11 is 0. The molecule has 6 nitrogen and oxygen atoms in total. The highest BCUT2D eigenvalue weighted by atomic mass is 16.6. The molecular formula is C71H122O6. The number of unbranched alkanes of at least 4 members (excludes halogenated alkanes) is 32. The van der Waals surface area contributed by atoms with Crippen molar-refractivity contribution >= 4 is 17.9 Å². The highest BCUT2D eigenvalue weighted by molar-refractivity contribution is 5.71. The SMILES string of the molecule is CC/C=C\C/C=C\C/C=C\C/C=C\CCCCCCCCCCCCC(=O)OCC(COC(=O)CC/C=C\C/C=C\C/C=C\C/C=C\CC)OC(=O)CCCCCCCCCCCCCCCCCCCCCCCCC. The van der Waals surface area contributed by atoms with Crippen LogP contribution in [0.2, 0.25) is 0 Å². The summed E-state index contributed by atoms with van der Waals surface area (Å²) in [4.78, 5) is 38.3. The van der Waals surface area contributed by atoms with Crippen molar-refractivity contribution in [2.75, 3.05) is 13.2 Å². The van der Waals surface area contributed by atoms with Gasteiger partial charge in [-0.3, -0.25) is 14.4 Å². The number of carbonyl (C=O) groups is 3. The fraction of sp³-hybridized carbons (Fsp3) is 0.732. The first-order valence-electron chi connectivity index (χ1n) is 32.7. The molecule has 0 radical (unpaired) electrons. The Kier molecular flexibility index (Phi) is 61.8. The van der Waals surface area contributed by atoms with Crippen LogP contribution in [0.25, 0.3) is 0 Å². The van der Waals surface area contributed by atoms with Crippen LogP contribution in [-0.2, 0) is 28.6 Å². The van der Waals surface area contributed by atoms with E-state index in [9.17, 15) is 14.4 Å². The van der Waals surface area contributed by atoms with Gasteiger partial charge in [0.25, 0.3) is 0 Å². The summed E-state index contributed by atoms with van der Waals surface area (Å²) in [6.45, 7) is 6.38. The van der Waals surface area contributed by atoms with Crippen molar-refractivity contribution < 1.29 is 28.6 Å². The van der Waals surface area contributed by atoms with Gasteiger partial charge in [-0.15, -0.1) is 0 Å². The Morgan fingerprint density at radius 1 is 0.273 bits per heavy atom. The van der Waals surface area contributed by atoms with Gasteiger partial charge < -0.3 is 14.2 Å². The summed E-state index contributed by atoms with van der Waals surface area (Å²) in [6, 6.07) is 0. The first kappa shape index (κ1) is 73.3. The molecule has 0 aromatic rings. The third kappa shape index (κ3) is 63.0. The van der Waals surface area contributed by atoms with E-state index in [0.717, 1.165) is 89.9 Å². The van der Waals surface area contributed by atoms with Crippen LogP contribution in [0.15, 0.2) is 97.2 Å². The zero-order valence-corrected chi connectivity index (χ0v) is 50.7. The second-order valence-electron chi connectivity index (χ2n) is 21.6. The van der Waals surface area contributed by atoms with Crippen LogP contribution in [0.5, 0.6) is 0 Å². The standard InChI is InChI=1S/C71H122O6/c1-4-7-10-13-16-19-22-25-27-29-31-33-35-37-39-41-43-46-49-52-55-58-61-64-70(73)76-67-68(66-75-69(72)63-60-57-54-51-48-45-24-21-18-15-12-9-6-3)77-71(74)65-62-59-56-53-50-47-44-42-40-38-36-34-32-30-28-26-23-20-17-14-11-8-5-2/h7,9-10,12,16,18-19,21,25,27,31,33,45,48,54,57,68H,4-6,8,11,13-15,17,20,22-24,26,28-30,32,34-44,46-47,49-53,55-56,58-67H2,1-3H3/b10-7-,12-9-,19-16-,21-18-,27-25-,33-31-,48-45-,57-54-. The first-order chi connectivity index (χ1) is 38.0. The van der Waals surface area contributed by atoms with E-state index in [1.54, 1.807) is 0 Å². The fourth-order valence-electron chi connectivity index (χ4n) is 9.27. The van der Waals surface area contributed by atoms with Crippen molar-refractivity contribution in [3.05, 3.63) is 97.2 Å². The van der Waals surface area contributed by atoms with E-state index in [4.69, 9.17) is 14.2 Å². The summed E-state index contributed by atoms with van der Waals surface area (Å²) in [7, 11) is 0. The molecular weight excluding hydrogens is 949 g/mol. The molecule has 1 unspecified atom stereocenters. The van der Waals surface area contributed by atoms with E-state index in [0.29, 0.717) is 19.3 Å². The van der Waals surface area contributed by atoms with Crippen LogP contribution in [0.1, 0.15) is 316 Å². The van der Waals surface area contributed by atoms with Crippen molar-refractivity contribution in [1.82, 2.24) is 0 Å². The Labute approximate surface area is 477 Å². The highest BCUT2D eigenvalue weighted by Crippen LogP contribution is 2.17. The Bertz CT molecular complexity index is 1510. The summed E-state index contributed by atoms with van der Waals surface area (Å²) in [5.74, 6) is -0.976. The molecule has 1 atom stereocenters. The van der Waals surface area contributed by atoms with Crippen LogP contribution >= 0.6 is 0 Å². The van der Waals surface area contributed by atoms with Crippen LogP contribution in [-0.4, -0.2) is 37.2 Å². The molecule has 0 fully saturated rings. The highest BCUT2D eigenvalue weighted by Gasteiger charge is 2.19. The molecule has 6 heteroatoms. The maximum Gasteiger partial charge on any atom is 0.306 e. The molecule has 0 spiro atoms. The molecule has 0 rings (SSSR count). The summed E-state index contributed by atoms with van der Waals surface area (Å²) < 4.78 is 16.9. The van der Waals surface area contributed by atoms with Crippen molar-refractivity contribution in [3.8, 4) is 0 Å². The monoisotopic (exact) mass is 1070 g/mol. The smallest absolute Gasteiger partial charge is 0.306 e. The van der Waals surface area contributed by atoms with Crippen LogP contribution in [0.4, 0.5) is 0 Å². The van der Waals surface area contributed by atoms with Gasteiger partial charge in [0.15, 0.2) is 6.10 Å². The summed E-state index contributed by atoms with van der Waals surface area (Å²) in [5.41, 5.74) is 0. The third-order valence-corrected chi connectivity index (χ3v) is 14.1. The summed E-state index contributed by atoms with van der Waals surface area (Å²) in [6.07, 6.45) is 87.3. The number of carbonyl (C=O) groups excluding carboxylic acids is 3. The van der Waals surface area contributed by atoms with Crippen molar-refractivity contribution in [1.29, 1.82) is 0 Å². The second-order valence-corrected chi connectivity index (χ2v) is 21.6. The van der Waals surface area contributed by atoms with Crippen molar-refractivity contribution in [2.45, 2.75) is 322 Å². The van der Waals surface area contributed by atoms with Gasteiger partial charge >= 0.3 is 17.9 Å². The molecule has 0 N–H and O–H groups in total. The zero-order valence-electron chi connectivity index (χ0n) is 50.7. The topological polar surface area (TPSA) is 78.9 Å². The third-order valence-electron chi connectivity index (χ3n) is 14.1. The molecule has 0 bridgehead atoms. The van der Waals surface area contributed by atoms with Gasteiger partial charge in [-0.2, -0.15) is 0 Å². The van der Waals surface area contributed by atoms with Gasteiger partial charge in [0, 0.05) is 19.3 Å². The van der Waals surface area contributed by atoms with E-state index in [-0.39, 0.29) is 37.5 Å². The molecule has 0 aliphatic heterocycles. The second kappa shape index (κ2) is 64.9. The fourth-order valence-corrected chi connectivity index (χ4v) is 9.27. The minimum Gasteiger partial charge on any atom is -0.462 e. The van der Waals surface area contributed by atoms with Crippen LogP contribution in [0, 0.1) is 0 Å². The molecule has 77 heavy (non-hydrogen) atoms. The van der Waals surface area contributed by atoms with Gasteiger partial charge in [0.2, 0.25) is 0 Å². The average Bonchev–Trinajstić information content (AvgIpc) is 3.43. The van der Waals surface area contributed by atoms with E-state index in [1.807, 2.05) is 6.08 Å². The quantitative estimate of drug-likeness (QED) is 0.0261. The lowest BCUT2D eigenvalue weighted by Gasteiger charge is -2.18. The van der Waals surface area contributed by atoms with E-state index in [1.165, 1.54) is 180 Å². The first-order valence-corrected chi connectivity index (χ1v) is 32.7. The minimum atomic E-state index is -0.808. The van der Waals surface area contributed by atoms with Gasteiger partial charge in [-0.25, -0.2) is 0 Å². The molecule has 0 aliphatic carbocycles. The van der Waals surface area contributed by atoms with E-state index in [2.05, 4.69) is 112 Å². The van der Waals surface area contributed by atoms with Gasteiger partial charge in [-0.05, 0) is 83.5 Å². The number of hydrogen-bond acceptors (Lipinski definition) is 6. The van der Waals surface area contributed by atoms with Gasteiger partial charge in [0.05, 0.1) is 0 Å². The van der Waals surface area contributed by atoms with Crippen molar-refractivity contribution in [3.63, 3.8) is 0 Å². The molecule has 442 valence electrons. The number of rotatable bonds is 59. The minimum absolute atomic E-state index is 0.0996. The van der Waals surface area contributed by atoms with Gasteiger partial charge in [-0.1, -0.05) is 311 Å². The Morgan fingerprint density at radius 2 is 0.532 bits per heavy atom. The normalized spacial score (nSPS) is 12.7. The van der Waals surface area contributed by atoms with Crippen molar-refractivity contribution in [2.24, 2.45) is 0 Å². The number of ether oxygens (including phenoxy) is 3. The predicted molar refractivity (Wildman–Crippen MR) is 334 cm³/mol. The van der Waals surface area contributed by atoms with E-state index < -0.39 is 6.10 Å². The number of hydrogen-bond donors (Lipinski definition) is 0. The lowest BCUT2D eigenvalue weighted by atomic mass is 10.0. The Morgan fingerprint density at radius 3 is 0.870 bits per heavy atom. The molecule has 0 amide bonds. The molecule has 0 saturated heterocycles. The maximum atomic E-state index is 12.9. The average molecular weight is 1070 g/mol. The van der Waals surface area contributed by atoms with E-state index >= 15 is 0 Å². The van der Waals surface area contributed by atoms with Crippen LogP contribution in [0.3, 0.4) is 0 Å². The number of esters is 3. The van der Waals surface area contributed by atoms with Gasteiger partial charge in [0.1, 0.15) is 13.2 Å². The largest absolute Gasteiger partial charge is 0.462 e. The lowest BCUT2D eigenvalue weighted by Crippen LogP contribution is -2.30. The Balaban J connectivity index is 4.33. The number of allylic oxidation sites excluding steroid dienone is 16. The molecule has 0 aromatic heterocycles. The van der Waals surface area contributed by atoms with Crippen LogP contribution < -0.4 is 0 Å². The molecule has 0 saturated carbocycles. The Hall–Kier alpha value is -3.67. The summed E-state index contributed by atoms with van der Waals surface area (Å²) in [5, 5.41) is 0. The molecule has 0 aromatic carbocycles. The maximum absolute atomic E-state index is 12.9.